The Morgan fingerprint density at radius 3 is 1.90 bits per heavy atom. The van der Waals surface area contributed by atoms with E-state index in [1.165, 1.54) is 12.1 Å². The fourth-order valence-corrected chi connectivity index (χ4v) is 6.61. The number of benzene rings is 8. The first-order valence-electron chi connectivity index (χ1n) is 20.9. The summed E-state index contributed by atoms with van der Waals surface area (Å²) < 4.78 is 85.3. The number of rotatable bonds is 5. The summed E-state index contributed by atoms with van der Waals surface area (Å²) in [4.78, 5) is 14.3. The van der Waals surface area contributed by atoms with Gasteiger partial charge in [-0.25, -0.2) is 15.0 Å². The minimum Gasteiger partial charge on any atom is -0.455 e. The predicted molar refractivity (Wildman–Crippen MR) is 209 cm³/mol. The highest BCUT2D eigenvalue weighted by atomic mass is 16.3. The molecular weight excluding hydrogens is 623 g/mol. The molecule has 0 atom stereocenters. The van der Waals surface area contributed by atoms with Crippen molar-refractivity contribution in [1.82, 2.24) is 15.0 Å². The summed E-state index contributed by atoms with van der Waals surface area (Å²) in [6, 6.07) is 34.9. The molecule has 0 unspecified atom stereocenters. The second-order valence-corrected chi connectivity index (χ2v) is 12.2. The molecule has 10 aromatic rings. The Balaban J connectivity index is 1.24. The molecule has 4 heteroatoms. The molecule has 2 aromatic heterocycles. The number of aromatic nitrogens is 3. The van der Waals surface area contributed by atoms with Crippen LogP contribution in [-0.4, -0.2) is 15.0 Å². The lowest BCUT2D eigenvalue weighted by Gasteiger charge is -2.10. The molecular formula is C47H29N3O. The molecule has 0 aliphatic heterocycles. The van der Waals surface area contributed by atoms with E-state index in [4.69, 9.17) is 30.3 Å². The molecule has 0 N–H and O–H groups in total. The maximum atomic E-state index is 9.27. The third-order valence-electron chi connectivity index (χ3n) is 9.08. The molecule has 0 saturated carbocycles. The van der Waals surface area contributed by atoms with Crippen molar-refractivity contribution in [1.29, 1.82) is 0 Å². The second-order valence-electron chi connectivity index (χ2n) is 12.2. The molecule has 8 aromatic carbocycles. The molecule has 238 valence electrons. The Morgan fingerprint density at radius 1 is 0.412 bits per heavy atom. The molecule has 4 nitrogen and oxygen atoms in total. The molecule has 0 saturated heterocycles. The van der Waals surface area contributed by atoms with Gasteiger partial charge in [-0.05, 0) is 62.5 Å². The van der Waals surface area contributed by atoms with E-state index in [9.17, 15) is 1.37 Å². The predicted octanol–water partition coefficient (Wildman–Crippen LogP) is 12.4. The number of nitrogens with zero attached hydrogens (tertiary/aromatic N) is 3. The van der Waals surface area contributed by atoms with E-state index in [2.05, 4.69) is 6.07 Å². The van der Waals surface area contributed by atoms with E-state index in [-0.39, 0.29) is 69.3 Å². The highest BCUT2D eigenvalue weighted by molar-refractivity contribution is 6.15. The Morgan fingerprint density at radius 2 is 1.06 bits per heavy atom. The van der Waals surface area contributed by atoms with Gasteiger partial charge in [0.1, 0.15) is 11.2 Å². The van der Waals surface area contributed by atoms with Gasteiger partial charge in [0.25, 0.3) is 0 Å². The van der Waals surface area contributed by atoms with Crippen molar-refractivity contribution in [3.05, 3.63) is 176 Å². The quantitative estimate of drug-likeness (QED) is 0.184. The van der Waals surface area contributed by atoms with Gasteiger partial charge in [0.05, 0.1) is 12.3 Å². The average molecular weight is 661 g/mol. The Labute approximate surface area is 307 Å². The highest BCUT2D eigenvalue weighted by Gasteiger charge is 2.20. The Kier molecular flexibility index (Phi) is 4.96. The van der Waals surface area contributed by atoms with Crippen LogP contribution in [0.2, 0.25) is 0 Å². The standard InChI is InChI=1S/C47H29N3O/c1-3-11-30(12-4-1)34-22-23-36-29-38(26-24-35(36)27-34)46-48-45(32-14-5-2-6-15-32)49-47(50-46)41-19-10-20-42-43(41)40-18-9-17-39(44(40)51-42)37-25-21-31-13-7-8-16-33(31)28-37/h1-29H/i2D,5D,6D,9D,14D,15D,17D,19D,20D. The van der Waals surface area contributed by atoms with Crippen LogP contribution in [0.15, 0.2) is 180 Å². The highest BCUT2D eigenvalue weighted by Crippen LogP contribution is 2.41. The van der Waals surface area contributed by atoms with Crippen LogP contribution in [0.4, 0.5) is 0 Å². The molecule has 0 aliphatic carbocycles. The van der Waals surface area contributed by atoms with Gasteiger partial charge in [0.15, 0.2) is 17.5 Å². The molecule has 0 aliphatic rings. The van der Waals surface area contributed by atoms with Gasteiger partial charge >= 0.3 is 0 Å². The van der Waals surface area contributed by atoms with Crippen LogP contribution in [0.1, 0.15) is 12.3 Å². The van der Waals surface area contributed by atoms with E-state index in [0.29, 0.717) is 22.1 Å². The van der Waals surface area contributed by atoms with Crippen LogP contribution in [-0.2, 0) is 0 Å². The molecule has 2 heterocycles. The maximum absolute atomic E-state index is 9.27. The van der Waals surface area contributed by atoms with Gasteiger partial charge in [-0.15, -0.1) is 0 Å². The van der Waals surface area contributed by atoms with E-state index in [0.717, 1.165) is 32.7 Å². The lowest BCUT2D eigenvalue weighted by atomic mass is 9.98. The number of para-hydroxylation sites is 1. The van der Waals surface area contributed by atoms with Crippen LogP contribution in [0.3, 0.4) is 0 Å². The monoisotopic (exact) mass is 660 g/mol. The number of furan rings is 1. The largest absolute Gasteiger partial charge is 0.455 e. The van der Waals surface area contributed by atoms with Gasteiger partial charge in [0, 0.05) is 33.0 Å². The van der Waals surface area contributed by atoms with E-state index >= 15 is 0 Å². The van der Waals surface area contributed by atoms with Crippen LogP contribution in [0.5, 0.6) is 0 Å². The first kappa shape index (κ1) is 21.2. The summed E-state index contributed by atoms with van der Waals surface area (Å²) in [7, 11) is 0. The lowest BCUT2D eigenvalue weighted by molar-refractivity contribution is 0.670. The minimum absolute atomic E-state index is 0.0749. The summed E-state index contributed by atoms with van der Waals surface area (Å²) in [6.07, 6.45) is 0. The molecule has 0 amide bonds. The third kappa shape index (κ3) is 5.13. The topological polar surface area (TPSA) is 51.8 Å². The zero-order valence-corrected chi connectivity index (χ0v) is 26.8. The smallest absolute Gasteiger partial charge is 0.164 e. The van der Waals surface area contributed by atoms with Gasteiger partial charge < -0.3 is 4.42 Å². The summed E-state index contributed by atoms with van der Waals surface area (Å²) in [5.74, 6) is -0.182. The number of fused-ring (bicyclic) bond motifs is 5. The lowest BCUT2D eigenvalue weighted by Crippen LogP contribution is -2.00. The zero-order valence-electron chi connectivity index (χ0n) is 35.8. The van der Waals surface area contributed by atoms with Crippen LogP contribution >= 0.6 is 0 Å². The van der Waals surface area contributed by atoms with Crippen LogP contribution in [0.25, 0.3) is 99.9 Å². The number of hydrogen-bond donors (Lipinski definition) is 0. The Bertz CT molecular complexity index is 3410. The molecule has 0 fully saturated rings. The first-order chi connectivity index (χ1) is 29.0. The van der Waals surface area contributed by atoms with Gasteiger partial charge in [-0.3, -0.25) is 0 Å². The van der Waals surface area contributed by atoms with Crippen molar-refractivity contribution in [2.24, 2.45) is 0 Å². The zero-order chi connectivity index (χ0) is 41.6. The van der Waals surface area contributed by atoms with Crippen molar-refractivity contribution in [2.45, 2.75) is 0 Å². The van der Waals surface area contributed by atoms with Crippen LogP contribution in [0, 0.1) is 0 Å². The summed E-state index contributed by atoms with van der Waals surface area (Å²) >= 11 is 0. The van der Waals surface area contributed by atoms with Crippen molar-refractivity contribution in [2.75, 3.05) is 0 Å². The average Bonchev–Trinajstić information content (AvgIpc) is 3.63. The fourth-order valence-electron chi connectivity index (χ4n) is 6.61. The summed E-state index contributed by atoms with van der Waals surface area (Å²) in [5, 5.41) is 4.36. The van der Waals surface area contributed by atoms with Crippen LogP contribution < -0.4 is 0 Å². The molecule has 0 spiro atoms. The van der Waals surface area contributed by atoms with Crippen molar-refractivity contribution in [3.63, 3.8) is 0 Å². The van der Waals surface area contributed by atoms with E-state index in [1.54, 1.807) is 0 Å². The van der Waals surface area contributed by atoms with Crippen molar-refractivity contribution in [3.8, 4) is 56.4 Å². The minimum atomic E-state index is -0.569. The Hall–Kier alpha value is -6.91. The van der Waals surface area contributed by atoms with Gasteiger partial charge in [-0.1, -0.05) is 151 Å². The van der Waals surface area contributed by atoms with Crippen molar-refractivity contribution >= 4 is 43.5 Å². The number of hydrogen-bond acceptors (Lipinski definition) is 4. The van der Waals surface area contributed by atoms with Gasteiger partial charge in [-0.2, -0.15) is 0 Å². The molecule has 0 radical (unpaired) electrons. The summed E-state index contributed by atoms with van der Waals surface area (Å²) in [5.41, 5.74) is 3.81. The molecule has 10 rings (SSSR count). The van der Waals surface area contributed by atoms with E-state index < -0.39 is 30.2 Å². The third-order valence-corrected chi connectivity index (χ3v) is 9.08. The SMILES string of the molecule is [2H]c1cc2c(oc3c([2H])cc([2H])c(-c4nc(-c5ccc6cc(-c7ccccc7)ccc6c5)nc(-c5c([2H])c([2H])c([2H])c([2H])c5[2H])n4)c32)c(-c2ccc3ccccc3c2)c1[2H]. The molecule has 51 heavy (non-hydrogen) atoms. The fraction of sp³-hybridized carbons (Fsp3) is 0. The second kappa shape index (κ2) is 11.9. The van der Waals surface area contributed by atoms with Gasteiger partial charge in [0.2, 0.25) is 0 Å². The summed E-state index contributed by atoms with van der Waals surface area (Å²) in [6.45, 7) is 0. The van der Waals surface area contributed by atoms with Crippen molar-refractivity contribution < 1.29 is 16.8 Å². The maximum Gasteiger partial charge on any atom is 0.164 e. The first-order valence-corrected chi connectivity index (χ1v) is 16.4. The normalized spacial score (nSPS) is 14.0. The van der Waals surface area contributed by atoms with E-state index in [1.807, 2.05) is 103 Å². The molecule has 0 bridgehead atoms.